The van der Waals surface area contributed by atoms with Gasteiger partial charge < -0.3 is 14.6 Å². The zero-order valence-electron chi connectivity index (χ0n) is 24.4. The third-order valence-electron chi connectivity index (χ3n) is 8.36. The van der Waals surface area contributed by atoms with E-state index in [1.807, 2.05) is 72.5 Å². The predicted molar refractivity (Wildman–Crippen MR) is 165 cm³/mol. The third-order valence-corrected chi connectivity index (χ3v) is 9.80. The maximum atomic E-state index is 15.8. The number of benzene rings is 3. The molecule has 4 aromatic rings. The maximum absolute atomic E-state index is 15.8. The van der Waals surface area contributed by atoms with Gasteiger partial charge in [-0.3, -0.25) is 18.4 Å². The number of aromatic nitrogens is 1. The van der Waals surface area contributed by atoms with Crippen molar-refractivity contribution in [2.45, 2.75) is 58.0 Å². The molecule has 11 heteroatoms. The number of phosphoric ester groups is 1. The highest BCUT2D eigenvalue weighted by Crippen LogP contribution is 2.53. The van der Waals surface area contributed by atoms with Crippen molar-refractivity contribution in [3.05, 3.63) is 111 Å². The second kappa shape index (κ2) is 12.7. The number of aryl methyl sites for hydroxylation is 1. The van der Waals surface area contributed by atoms with Crippen molar-refractivity contribution in [1.82, 2.24) is 4.57 Å². The van der Waals surface area contributed by atoms with Crippen LogP contribution in [0.1, 0.15) is 59.3 Å². The Kier molecular flexibility index (Phi) is 8.69. The summed E-state index contributed by atoms with van der Waals surface area (Å²) >= 11 is 0. The SMILES string of the molecule is C[C@H]1CCc2c(N3CCC(OP(=O)(OCc4ccccc4)OCc4ccccc4)CC3)c(F)cc3c(=O)c(C(=O)O)cn1c23. The zero-order chi connectivity index (χ0) is 30.8. The van der Waals surface area contributed by atoms with Crippen LogP contribution < -0.4 is 10.3 Å². The fourth-order valence-electron chi connectivity index (χ4n) is 6.05. The summed E-state index contributed by atoms with van der Waals surface area (Å²) in [6, 6.07) is 19.9. The highest BCUT2D eigenvalue weighted by atomic mass is 31.2. The molecule has 1 atom stereocenters. The summed E-state index contributed by atoms with van der Waals surface area (Å²) in [5.41, 5.74) is 2.32. The number of anilines is 1. The molecule has 3 heterocycles. The molecule has 0 aliphatic carbocycles. The van der Waals surface area contributed by atoms with E-state index in [1.54, 1.807) is 4.57 Å². The lowest BCUT2D eigenvalue weighted by Crippen LogP contribution is -2.38. The molecule has 0 radical (unpaired) electrons. The van der Waals surface area contributed by atoms with E-state index < -0.39 is 31.1 Å². The number of pyridine rings is 1. The smallest absolute Gasteiger partial charge is 0.475 e. The first-order valence-electron chi connectivity index (χ1n) is 14.8. The number of rotatable bonds is 10. The lowest BCUT2D eigenvalue weighted by atomic mass is 9.93. The van der Waals surface area contributed by atoms with Gasteiger partial charge in [0.15, 0.2) is 0 Å². The lowest BCUT2D eigenvalue weighted by molar-refractivity contribution is 0.0601. The highest BCUT2D eigenvalue weighted by molar-refractivity contribution is 7.48. The van der Waals surface area contributed by atoms with E-state index in [2.05, 4.69) is 0 Å². The number of carbonyl (C=O) groups is 1. The molecular formula is C33H34FN2O7P. The molecule has 1 aromatic heterocycles. The summed E-state index contributed by atoms with van der Waals surface area (Å²) in [6.45, 7) is 2.92. The number of halogens is 1. The largest absolute Gasteiger partial charge is 0.477 e. The first kappa shape index (κ1) is 30.2. The molecule has 0 amide bonds. The average molecular weight is 621 g/mol. The molecule has 0 spiro atoms. The van der Waals surface area contributed by atoms with Crippen LogP contribution in [-0.4, -0.2) is 34.8 Å². The fourth-order valence-corrected chi connectivity index (χ4v) is 7.44. The van der Waals surface area contributed by atoms with Gasteiger partial charge in [-0.25, -0.2) is 13.8 Å². The van der Waals surface area contributed by atoms with Gasteiger partial charge in [-0.1, -0.05) is 60.7 Å². The van der Waals surface area contributed by atoms with Crippen LogP contribution in [0.4, 0.5) is 10.1 Å². The standard InChI is InChI=1S/C33H34FN2O7P/c1-22-12-13-26-30-27(32(37)28(33(38)39)19-36(22)30)18-29(34)31(26)35-16-14-25(15-17-35)43-44(40,41-20-23-8-4-2-5-9-23)42-21-24-10-6-3-7-11-24/h2-11,18-19,22,25H,12-17,20-21H2,1H3,(H,38,39)/t22-/m0/s1. The molecule has 0 bridgehead atoms. The van der Waals surface area contributed by atoms with E-state index in [1.165, 1.54) is 12.3 Å². The van der Waals surface area contributed by atoms with Crippen molar-refractivity contribution in [2.24, 2.45) is 0 Å². The van der Waals surface area contributed by atoms with E-state index >= 15 is 4.39 Å². The Morgan fingerprint density at radius 1 is 0.977 bits per heavy atom. The molecule has 1 fully saturated rings. The van der Waals surface area contributed by atoms with E-state index in [0.717, 1.165) is 11.1 Å². The van der Waals surface area contributed by atoms with Crippen LogP contribution in [0, 0.1) is 5.82 Å². The number of hydrogen-bond donors (Lipinski definition) is 1. The van der Waals surface area contributed by atoms with Crippen LogP contribution in [0.15, 0.2) is 77.7 Å². The van der Waals surface area contributed by atoms with Gasteiger partial charge in [0, 0.05) is 36.3 Å². The summed E-state index contributed by atoms with van der Waals surface area (Å²) in [5, 5.41) is 9.65. The summed E-state index contributed by atoms with van der Waals surface area (Å²) in [7, 11) is -3.97. The highest BCUT2D eigenvalue weighted by Gasteiger charge is 2.35. The molecule has 230 valence electrons. The number of aromatic carboxylic acids is 1. The molecule has 6 rings (SSSR count). The molecule has 3 aromatic carbocycles. The molecule has 2 aliphatic rings. The van der Waals surface area contributed by atoms with Crippen LogP contribution in [0.25, 0.3) is 10.9 Å². The lowest BCUT2D eigenvalue weighted by Gasteiger charge is -2.37. The second-order valence-corrected chi connectivity index (χ2v) is 12.9. The van der Waals surface area contributed by atoms with Gasteiger partial charge in [0.2, 0.25) is 5.43 Å². The van der Waals surface area contributed by atoms with E-state index in [4.69, 9.17) is 13.6 Å². The number of carboxylic acid groups (broad SMARTS) is 1. The number of carboxylic acids is 1. The van der Waals surface area contributed by atoms with Crippen molar-refractivity contribution in [3.63, 3.8) is 0 Å². The average Bonchev–Trinajstić information content (AvgIpc) is 3.03. The first-order valence-corrected chi connectivity index (χ1v) is 16.2. The van der Waals surface area contributed by atoms with Crippen LogP contribution >= 0.6 is 7.82 Å². The number of hydrogen-bond acceptors (Lipinski definition) is 7. The Balaban J connectivity index is 1.21. The van der Waals surface area contributed by atoms with Crippen molar-refractivity contribution in [2.75, 3.05) is 18.0 Å². The van der Waals surface area contributed by atoms with Crippen LogP contribution in [0.3, 0.4) is 0 Å². The van der Waals surface area contributed by atoms with Crippen molar-refractivity contribution >= 4 is 30.4 Å². The quantitative estimate of drug-likeness (QED) is 0.192. The molecule has 9 nitrogen and oxygen atoms in total. The van der Waals surface area contributed by atoms with Gasteiger partial charge in [-0.2, -0.15) is 0 Å². The zero-order valence-corrected chi connectivity index (χ0v) is 25.3. The summed E-state index contributed by atoms with van der Waals surface area (Å²) in [5.74, 6) is -1.89. The Morgan fingerprint density at radius 3 is 2.14 bits per heavy atom. The monoisotopic (exact) mass is 620 g/mol. The van der Waals surface area contributed by atoms with E-state index in [9.17, 15) is 19.3 Å². The van der Waals surface area contributed by atoms with Crippen LogP contribution in [-0.2, 0) is 37.8 Å². The predicted octanol–water partition coefficient (Wildman–Crippen LogP) is 6.87. The van der Waals surface area contributed by atoms with Crippen LogP contribution in [0.2, 0.25) is 0 Å². The van der Waals surface area contributed by atoms with Gasteiger partial charge >= 0.3 is 13.8 Å². The van der Waals surface area contributed by atoms with Gasteiger partial charge in [-0.05, 0) is 49.8 Å². The maximum Gasteiger partial charge on any atom is 0.475 e. The van der Waals surface area contributed by atoms with Gasteiger partial charge in [-0.15, -0.1) is 0 Å². The summed E-state index contributed by atoms with van der Waals surface area (Å²) in [4.78, 5) is 26.6. The Hall–Kier alpha value is -3.82. The third kappa shape index (κ3) is 6.21. The molecule has 2 aliphatic heterocycles. The second-order valence-electron chi connectivity index (χ2n) is 11.3. The van der Waals surface area contributed by atoms with E-state index in [0.29, 0.717) is 55.5 Å². The molecule has 0 saturated carbocycles. The Labute approximate surface area is 254 Å². The fraction of sp³-hybridized carbons (Fsp3) is 0.333. The van der Waals surface area contributed by atoms with Crippen molar-refractivity contribution < 1.29 is 32.4 Å². The topological polar surface area (TPSA) is 107 Å². The molecule has 1 saturated heterocycles. The molecule has 0 unspecified atom stereocenters. The molecule has 1 N–H and O–H groups in total. The number of piperidine rings is 1. The Morgan fingerprint density at radius 2 is 1.57 bits per heavy atom. The number of phosphoric acid groups is 1. The number of nitrogens with zero attached hydrogens (tertiary/aromatic N) is 2. The van der Waals surface area contributed by atoms with E-state index in [-0.39, 0.29) is 30.2 Å². The van der Waals surface area contributed by atoms with Gasteiger partial charge in [0.25, 0.3) is 0 Å². The minimum atomic E-state index is -3.97. The van der Waals surface area contributed by atoms with Gasteiger partial charge in [0.1, 0.15) is 11.4 Å². The normalized spacial score (nSPS) is 17.2. The molecule has 44 heavy (non-hydrogen) atoms. The van der Waals surface area contributed by atoms with Crippen molar-refractivity contribution in [1.29, 1.82) is 0 Å². The minimum absolute atomic E-state index is 0.0398. The van der Waals surface area contributed by atoms with Crippen molar-refractivity contribution in [3.8, 4) is 0 Å². The first-order chi connectivity index (χ1) is 21.2. The van der Waals surface area contributed by atoms with Crippen LogP contribution in [0.5, 0.6) is 0 Å². The Bertz CT molecular complexity index is 1720. The summed E-state index contributed by atoms with van der Waals surface area (Å²) < 4.78 is 49.0. The molecular weight excluding hydrogens is 586 g/mol. The summed E-state index contributed by atoms with van der Waals surface area (Å²) in [6.07, 6.45) is 3.07. The van der Waals surface area contributed by atoms with Gasteiger partial charge in [0.05, 0.1) is 30.5 Å². The minimum Gasteiger partial charge on any atom is -0.477 e.